The highest BCUT2D eigenvalue weighted by molar-refractivity contribution is 5.48. The standard InChI is InChI=1S/C14H23NO/c1-5-15(10-14(3,4)11-16)13-8-6-7-12(2)9-13/h6-9,16H,5,10-11H2,1-4H3. The molecule has 0 amide bonds. The van der Waals surface area contributed by atoms with Crippen LogP contribution in [0.2, 0.25) is 0 Å². The highest BCUT2D eigenvalue weighted by Crippen LogP contribution is 2.22. The Morgan fingerprint density at radius 3 is 2.50 bits per heavy atom. The number of aliphatic hydroxyl groups is 1. The van der Waals surface area contributed by atoms with Crippen LogP contribution in [0.25, 0.3) is 0 Å². The largest absolute Gasteiger partial charge is 0.396 e. The van der Waals surface area contributed by atoms with Crippen LogP contribution in [0.5, 0.6) is 0 Å². The number of anilines is 1. The van der Waals surface area contributed by atoms with Gasteiger partial charge in [-0.2, -0.15) is 0 Å². The zero-order valence-electron chi connectivity index (χ0n) is 10.8. The van der Waals surface area contributed by atoms with Crippen LogP contribution in [0.3, 0.4) is 0 Å². The average Bonchev–Trinajstić information content (AvgIpc) is 2.26. The van der Waals surface area contributed by atoms with Gasteiger partial charge in [0.1, 0.15) is 0 Å². The molecule has 0 spiro atoms. The van der Waals surface area contributed by atoms with Crippen LogP contribution in [0.1, 0.15) is 26.3 Å². The predicted octanol–water partition coefficient (Wildman–Crippen LogP) is 2.84. The lowest BCUT2D eigenvalue weighted by molar-refractivity contribution is 0.164. The maximum Gasteiger partial charge on any atom is 0.0499 e. The first kappa shape index (κ1) is 13.0. The minimum atomic E-state index is -0.0558. The summed E-state index contributed by atoms with van der Waals surface area (Å²) in [6, 6.07) is 8.51. The average molecular weight is 221 g/mol. The smallest absolute Gasteiger partial charge is 0.0499 e. The minimum Gasteiger partial charge on any atom is -0.396 e. The summed E-state index contributed by atoms with van der Waals surface area (Å²) >= 11 is 0. The Kier molecular flexibility index (Phi) is 4.36. The zero-order valence-corrected chi connectivity index (χ0v) is 10.8. The van der Waals surface area contributed by atoms with Gasteiger partial charge in [-0.3, -0.25) is 0 Å². The van der Waals surface area contributed by atoms with Crippen molar-refractivity contribution >= 4 is 5.69 Å². The van der Waals surface area contributed by atoms with E-state index in [4.69, 9.17) is 0 Å². The van der Waals surface area contributed by atoms with E-state index in [1.165, 1.54) is 11.3 Å². The highest BCUT2D eigenvalue weighted by Gasteiger charge is 2.20. The summed E-state index contributed by atoms with van der Waals surface area (Å²) in [7, 11) is 0. The molecular formula is C14H23NO. The van der Waals surface area contributed by atoms with Crippen LogP contribution in [-0.4, -0.2) is 24.8 Å². The van der Waals surface area contributed by atoms with Crippen molar-refractivity contribution < 1.29 is 5.11 Å². The van der Waals surface area contributed by atoms with E-state index in [9.17, 15) is 5.11 Å². The third kappa shape index (κ3) is 3.53. The molecule has 1 aromatic carbocycles. The monoisotopic (exact) mass is 221 g/mol. The van der Waals surface area contributed by atoms with Gasteiger partial charge in [0, 0.05) is 30.8 Å². The van der Waals surface area contributed by atoms with Crippen LogP contribution in [0.15, 0.2) is 24.3 Å². The molecule has 2 nitrogen and oxygen atoms in total. The molecule has 0 unspecified atom stereocenters. The zero-order chi connectivity index (χ0) is 12.2. The number of nitrogens with zero attached hydrogens (tertiary/aromatic N) is 1. The fraction of sp³-hybridized carbons (Fsp3) is 0.571. The van der Waals surface area contributed by atoms with Crippen molar-refractivity contribution in [3.8, 4) is 0 Å². The maximum atomic E-state index is 9.31. The van der Waals surface area contributed by atoms with Gasteiger partial charge in [-0.1, -0.05) is 26.0 Å². The molecule has 0 fully saturated rings. The van der Waals surface area contributed by atoms with Crippen LogP contribution in [0.4, 0.5) is 5.69 Å². The van der Waals surface area contributed by atoms with Crippen molar-refractivity contribution in [2.45, 2.75) is 27.7 Å². The fourth-order valence-electron chi connectivity index (χ4n) is 1.78. The van der Waals surface area contributed by atoms with Crippen molar-refractivity contribution in [3.05, 3.63) is 29.8 Å². The van der Waals surface area contributed by atoms with Crippen molar-refractivity contribution in [3.63, 3.8) is 0 Å². The van der Waals surface area contributed by atoms with Gasteiger partial charge >= 0.3 is 0 Å². The van der Waals surface area contributed by atoms with E-state index in [2.05, 4.69) is 56.9 Å². The van der Waals surface area contributed by atoms with Crippen molar-refractivity contribution in [1.82, 2.24) is 0 Å². The first-order chi connectivity index (χ1) is 7.48. The first-order valence-electron chi connectivity index (χ1n) is 5.91. The van der Waals surface area contributed by atoms with Crippen molar-refractivity contribution in [2.24, 2.45) is 5.41 Å². The topological polar surface area (TPSA) is 23.5 Å². The lowest BCUT2D eigenvalue weighted by atomic mass is 9.94. The third-order valence-corrected chi connectivity index (χ3v) is 2.80. The second-order valence-corrected chi connectivity index (χ2v) is 5.18. The maximum absolute atomic E-state index is 9.31. The van der Waals surface area contributed by atoms with Crippen LogP contribution < -0.4 is 4.90 Å². The molecule has 0 saturated heterocycles. The minimum absolute atomic E-state index is 0.0558. The van der Waals surface area contributed by atoms with Crippen LogP contribution in [0, 0.1) is 12.3 Å². The van der Waals surface area contributed by atoms with E-state index in [1.54, 1.807) is 0 Å². The van der Waals surface area contributed by atoms with E-state index < -0.39 is 0 Å². The van der Waals surface area contributed by atoms with E-state index in [1.807, 2.05) is 0 Å². The number of aliphatic hydroxyl groups excluding tert-OH is 1. The molecule has 0 heterocycles. The number of hydrogen-bond acceptors (Lipinski definition) is 2. The number of hydrogen-bond donors (Lipinski definition) is 1. The number of benzene rings is 1. The highest BCUT2D eigenvalue weighted by atomic mass is 16.3. The number of aryl methyl sites for hydroxylation is 1. The Balaban J connectivity index is 2.82. The summed E-state index contributed by atoms with van der Waals surface area (Å²) in [5, 5.41) is 9.31. The Morgan fingerprint density at radius 1 is 1.31 bits per heavy atom. The Bertz CT molecular complexity index is 333. The van der Waals surface area contributed by atoms with Gasteiger partial charge in [-0.25, -0.2) is 0 Å². The summed E-state index contributed by atoms with van der Waals surface area (Å²) in [5.41, 5.74) is 2.46. The summed E-state index contributed by atoms with van der Waals surface area (Å²) in [6.07, 6.45) is 0. The molecule has 0 aromatic heterocycles. The van der Waals surface area contributed by atoms with Gasteiger partial charge in [-0.15, -0.1) is 0 Å². The molecule has 2 heteroatoms. The second-order valence-electron chi connectivity index (χ2n) is 5.18. The Morgan fingerprint density at radius 2 is 2.00 bits per heavy atom. The van der Waals surface area contributed by atoms with Gasteiger partial charge in [0.2, 0.25) is 0 Å². The normalized spacial score (nSPS) is 11.6. The summed E-state index contributed by atoms with van der Waals surface area (Å²) in [4.78, 5) is 2.31. The number of rotatable bonds is 5. The lowest BCUT2D eigenvalue weighted by Gasteiger charge is -2.32. The van der Waals surface area contributed by atoms with E-state index in [0.29, 0.717) is 0 Å². The molecule has 0 bridgehead atoms. The summed E-state index contributed by atoms with van der Waals surface area (Å²) < 4.78 is 0. The van der Waals surface area contributed by atoms with Crippen LogP contribution >= 0.6 is 0 Å². The van der Waals surface area contributed by atoms with Crippen LogP contribution in [-0.2, 0) is 0 Å². The lowest BCUT2D eigenvalue weighted by Crippen LogP contribution is -2.36. The summed E-state index contributed by atoms with van der Waals surface area (Å²) in [6.45, 7) is 10.5. The fourth-order valence-corrected chi connectivity index (χ4v) is 1.78. The molecular weight excluding hydrogens is 198 g/mol. The quantitative estimate of drug-likeness (QED) is 0.826. The Labute approximate surface area is 98.9 Å². The molecule has 0 aliphatic carbocycles. The molecule has 0 aliphatic rings. The molecule has 90 valence electrons. The van der Waals surface area contributed by atoms with Gasteiger partial charge < -0.3 is 10.0 Å². The molecule has 0 saturated carbocycles. The Hall–Kier alpha value is -1.02. The summed E-state index contributed by atoms with van der Waals surface area (Å²) in [5.74, 6) is 0. The molecule has 1 aromatic rings. The molecule has 1 rings (SSSR count). The predicted molar refractivity (Wildman–Crippen MR) is 69.9 cm³/mol. The molecule has 1 N–H and O–H groups in total. The molecule has 16 heavy (non-hydrogen) atoms. The van der Waals surface area contributed by atoms with Gasteiger partial charge in [0.05, 0.1) is 0 Å². The first-order valence-corrected chi connectivity index (χ1v) is 5.91. The van der Waals surface area contributed by atoms with Crippen molar-refractivity contribution in [2.75, 3.05) is 24.6 Å². The van der Waals surface area contributed by atoms with E-state index in [-0.39, 0.29) is 12.0 Å². The SMILES string of the molecule is CCN(CC(C)(C)CO)c1cccc(C)c1. The van der Waals surface area contributed by atoms with E-state index >= 15 is 0 Å². The molecule has 0 aliphatic heterocycles. The molecule has 0 radical (unpaired) electrons. The second kappa shape index (κ2) is 5.35. The van der Waals surface area contributed by atoms with E-state index in [0.717, 1.165) is 13.1 Å². The van der Waals surface area contributed by atoms with Gasteiger partial charge in [-0.05, 0) is 31.5 Å². The van der Waals surface area contributed by atoms with Gasteiger partial charge in [0.15, 0.2) is 0 Å². The van der Waals surface area contributed by atoms with Crippen molar-refractivity contribution in [1.29, 1.82) is 0 Å². The van der Waals surface area contributed by atoms with Gasteiger partial charge in [0.25, 0.3) is 0 Å². The third-order valence-electron chi connectivity index (χ3n) is 2.80. The molecule has 0 atom stereocenters.